The van der Waals surface area contributed by atoms with Crippen LogP contribution in [0.4, 0.5) is 9.59 Å². The Bertz CT molecular complexity index is 624. The molecule has 1 atom stereocenters. The standard InChI is InChI=1S/C18H24N2O5/c1-18(2,3)25-16(22)19-15-11-14(21)9-10-20(15)17(23)24-12-13-7-5-4-6-8-13/h4-8,15H,9-12H2,1-3H3,(H,19,22). The summed E-state index contributed by atoms with van der Waals surface area (Å²) in [7, 11) is 0. The molecule has 7 nitrogen and oxygen atoms in total. The fourth-order valence-corrected chi connectivity index (χ4v) is 2.42. The van der Waals surface area contributed by atoms with Gasteiger partial charge in [0.05, 0.1) is 0 Å². The van der Waals surface area contributed by atoms with Crippen LogP contribution in [-0.2, 0) is 20.9 Å². The maximum Gasteiger partial charge on any atom is 0.411 e. The van der Waals surface area contributed by atoms with Crippen LogP contribution in [0.25, 0.3) is 0 Å². The average molecular weight is 348 g/mol. The topological polar surface area (TPSA) is 84.9 Å². The van der Waals surface area contributed by atoms with E-state index < -0.39 is 24.0 Å². The molecule has 1 fully saturated rings. The minimum Gasteiger partial charge on any atom is -0.444 e. The Morgan fingerprint density at radius 3 is 2.56 bits per heavy atom. The molecule has 1 aromatic rings. The molecule has 2 rings (SSSR count). The lowest BCUT2D eigenvalue weighted by atomic mass is 10.1. The third-order valence-corrected chi connectivity index (χ3v) is 3.55. The van der Waals surface area contributed by atoms with Crippen molar-refractivity contribution in [2.24, 2.45) is 0 Å². The van der Waals surface area contributed by atoms with Crippen LogP contribution in [0.2, 0.25) is 0 Å². The van der Waals surface area contributed by atoms with Gasteiger partial charge in [0.2, 0.25) is 0 Å². The molecule has 1 aromatic carbocycles. The normalized spacial score (nSPS) is 17.8. The maximum absolute atomic E-state index is 12.4. The summed E-state index contributed by atoms with van der Waals surface area (Å²) < 4.78 is 10.5. The van der Waals surface area contributed by atoms with Crippen molar-refractivity contribution in [1.82, 2.24) is 10.2 Å². The third-order valence-electron chi connectivity index (χ3n) is 3.55. The fraction of sp³-hybridized carbons (Fsp3) is 0.500. The molecule has 1 heterocycles. The van der Waals surface area contributed by atoms with Crippen molar-refractivity contribution in [2.45, 2.75) is 52.0 Å². The molecule has 0 bridgehead atoms. The molecule has 0 spiro atoms. The van der Waals surface area contributed by atoms with E-state index in [1.807, 2.05) is 30.3 Å². The molecule has 0 aliphatic carbocycles. The minimum atomic E-state index is -0.764. The number of hydrogen-bond donors (Lipinski definition) is 1. The number of Topliss-reactive ketones (excluding diaryl/α,β-unsaturated/α-hetero) is 1. The molecule has 0 radical (unpaired) electrons. The van der Waals surface area contributed by atoms with E-state index in [-0.39, 0.29) is 31.8 Å². The van der Waals surface area contributed by atoms with Gasteiger partial charge in [-0.25, -0.2) is 9.59 Å². The van der Waals surface area contributed by atoms with Crippen molar-refractivity contribution in [3.8, 4) is 0 Å². The van der Waals surface area contributed by atoms with E-state index in [2.05, 4.69) is 5.32 Å². The van der Waals surface area contributed by atoms with E-state index in [4.69, 9.17) is 9.47 Å². The molecule has 2 amide bonds. The predicted molar refractivity (Wildman–Crippen MR) is 90.7 cm³/mol. The van der Waals surface area contributed by atoms with Crippen molar-refractivity contribution in [1.29, 1.82) is 0 Å². The van der Waals surface area contributed by atoms with Gasteiger partial charge >= 0.3 is 12.2 Å². The molecule has 1 saturated heterocycles. The van der Waals surface area contributed by atoms with Crippen molar-refractivity contribution in [3.63, 3.8) is 0 Å². The first kappa shape index (κ1) is 18.8. The number of nitrogens with zero attached hydrogens (tertiary/aromatic N) is 1. The zero-order valence-electron chi connectivity index (χ0n) is 14.8. The lowest BCUT2D eigenvalue weighted by molar-refractivity contribution is -0.123. The number of rotatable bonds is 3. The molecule has 7 heteroatoms. The van der Waals surface area contributed by atoms with Gasteiger partial charge < -0.3 is 14.8 Å². The van der Waals surface area contributed by atoms with Crippen LogP contribution >= 0.6 is 0 Å². The molecule has 1 aliphatic rings. The van der Waals surface area contributed by atoms with Crippen molar-refractivity contribution >= 4 is 18.0 Å². The number of likely N-dealkylation sites (tertiary alicyclic amines) is 1. The van der Waals surface area contributed by atoms with E-state index >= 15 is 0 Å². The van der Waals surface area contributed by atoms with E-state index in [0.717, 1.165) is 5.56 Å². The molecular formula is C18H24N2O5. The summed E-state index contributed by atoms with van der Waals surface area (Å²) in [6.07, 6.45) is -1.73. The number of ether oxygens (including phenoxy) is 2. The molecule has 136 valence electrons. The number of carbonyl (C=O) groups is 3. The average Bonchev–Trinajstić information content (AvgIpc) is 2.52. The Kier molecular flexibility index (Phi) is 6.01. The number of ketones is 1. The molecule has 1 unspecified atom stereocenters. The zero-order valence-corrected chi connectivity index (χ0v) is 14.8. The van der Waals surface area contributed by atoms with Crippen molar-refractivity contribution < 1.29 is 23.9 Å². The summed E-state index contributed by atoms with van der Waals surface area (Å²) in [5, 5.41) is 2.58. The van der Waals surface area contributed by atoms with Crippen molar-refractivity contribution in [3.05, 3.63) is 35.9 Å². The van der Waals surface area contributed by atoms with Gasteiger partial charge in [-0.2, -0.15) is 0 Å². The number of amides is 2. The molecule has 0 saturated carbocycles. The second kappa shape index (κ2) is 8.00. The lowest BCUT2D eigenvalue weighted by Crippen LogP contribution is -2.55. The summed E-state index contributed by atoms with van der Waals surface area (Å²) in [4.78, 5) is 37.4. The van der Waals surface area contributed by atoms with Crippen LogP contribution in [0.5, 0.6) is 0 Å². The minimum absolute atomic E-state index is 0.0202. The van der Waals surface area contributed by atoms with Crippen molar-refractivity contribution in [2.75, 3.05) is 6.54 Å². The summed E-state index contributed by atoms with van der Waals surface area (Å²) in [6, 6.07) is 9.29. The maximum atomic E-state index is 12.4. The molecular weight excluding hydrogens is 324 g/mol. The highest BCUT2D eigenvalue weighted by Crippen LogP contribution is 2.16. The highest BCUT2D eigenvalue weighted by molar-refractivity contribution is 5.83. The van der Waals surface area contributed by atoms with Gasteiger partial charge in [0.15, 0.2) is 0 Å². The van der Waals surface area contributed by atoms with E-state index in [1.165, 1.54) is 4.90 Å². The first-order valence-corrected chi connectivity index (χ1v) is 8.23. The third kappa shape index (κ3) is 6.10. The summed E-state index contributed by atoms with van der Waals surface area (Å²) >= 11 is 0. The molecule has 1 aliphatic heterocycles. The van der Waals surface area contributed by atoms with E-state index in [0.29, 0.717) is 0 Å². The van der Waals surface area contributed by atoms with E-state index in [9.17, 15) is 14.4 Å². The van der Waals surface area contributed by atoms with Gasteiger partial charge in [0, 0.05) is 19.4 Å². The summed E-state index contributed by atoms with van der Waals surface area (Å²) in [5.41, 5.74) is 0.196. The van der Waals surface area contributed by atoms with Gasteiger partial charge in [0.1, 0.15) is 24.2 Å². The van der Waals surface area contributed by atoms with Gasteiger partial charge in [-0.15, -0.1) is 0 Å². The van der Waals surface area contributed by atoms with Crippen LogP contribution in [0.1, 0.15) is 39.2 Å². The highest BCUT2D eigenvalue weighted by atomic mass is 16.6. The lowest BCUT2D eigenvalue weighted by Gasteiger charge is -2.34. The Labute approximate surface area is 147 Å². The largest absolute Gasteiger partial charge is 0.444 e. The van der Waals surface area contributed by atoms with Crippen LogP contribution < -0.4 is 5.32 Å². The van der Waals surface area contributed by atoms with Crippen LogP contribution in [-0.4, -0.2) is 41.2 Å². The zero-order chi connectivity index (χ0) is 18.4. The molecule has 25 heavy (non-hydrogen) atoms. The number of hydrogen-bond acceptors (Lipinski definition) is 5. The summed E-state index contributed by atoms with van der Waals surface area (Å²) in [6.45, 7) is 5.55. The van der Waals surface area contributed by atoms with Gasteiger partial charge in [-0.05, 0) is 26.3 Å². The predicted octanol–water partition coefficient (Wildman–Crippen LogP) is 2.84. The Morgan fingerprint density at radius 2 is 1.92 bits per heavy atom. The molecule has 1 N–H and O–H groups in total. The summed E-state index contributed by atoms with van der Waals surface area (Å²) in [5.74, 6) is -0.0202. The van der Waals surface area contributed by atoms with Crippen LogP contribution in [0.3, 0.4) is 0 Å². The monoisotopic (exact) mass is 348 g/mol. The quantitative estimate of drug-likeness (QED) is 0.908. The first-order valence-electron chi connectivity index (χ1n) is 8.23. The Balaban J connectivity index is 1.96. The number of benzene rings is 1. The van der Waals surface area contributed by atoms with E-state index in [1.54, 1.807) is 20.8 Å². The fourth-order valence-electron chi connectivity index (χ4n) is 2.42. The van der Waals surface area contributed by atoms with Gasteiger partial charge in [-0.1, -0.05) is 30.3 Å². The highest BCUT2D eigenvalue weighted by Gasteiger charge is 2.33. The van der Waals surface area contributed by atoms with Gasteiger partial charge in [-0.3, -0.25) is 9.69 Å². The number of alkyl carbamates (subject to hydrolysis) is 1. The first-order chi connectivity index (χ1) is 11.7. The SMILES string of the molecule is CC(C)(C)OC(=O)NC1CC(=O)CCN1C(=O)OCc1ccccc1. The second-order valence-corrected chi connectivity index (χ2v) is 6.89. The number of piperidine rings is 1. The second-order valence-electron chi connectivity index (χ2n) is 6.89. The van der Waals surface area contributed by atoms with Crippen LogP contribution in [0, 0.1) is 0 Å². The number of carbonyl (C=O) groups excluding carboxylic acids is 3. The Morgan fingerprint density at radius 1 is 1.24 bits per heavy atom. The number of nitrogens with one attached hydrogen (secondary N) is 1. The smallest absolute Gasteiger partial charge is 0.411 e. The Hall–Kier alpha value is -2.57. The van der Waals surface area contributed by atoms with Crippen LogP contribution in [0.15, 0.2) is 30.3 Å². The van der Waals surface area contributed by atoms with Gasteiger partial charge in [0.25, 0.3) is 0 Å². The molecule has 0 aromatic heterocycles.